The van der Waals surface area contributed by atoms with Gasteiger partial charge in [0, 0.05) is 13.6 Å². The number of hydrogen-bond acceptors (Lipinski definition) is 5. The van der Waals surface area contributed by atoms with Crippen LogP contribution >= 0.6 is 0 Å². The van der Waals surface area contributed by atoms with Crippen molar-refractivity contribution in [1.29, 1.82) is 0 Å². The molecule has 15 heavy (non-hydrogen) atoms. The highest BCUT2D eigenvalue weighted by Crippen LogP contribution is 2.12. The van der Waals surface area contributed by atoms with E-state index in [4.69, 9.17) is 4.74 Å². The maximum atomic E-state index is 9.24. The molecule has 0 aliphatic heterocycles. The number of aliphatic hydroxyl groups is 1. The summed E-state index contributed by atoms with van der Waals surface area (Å²) in [5, 5.41) is 9.24. The van der Waals surface area contributed by atoms with Gasteiger partial charge in [0.05, 0.1) is 25.1 Å². The maximum Gasteiger partial charge on any atom is 0.234 e. The first-order valence-corrected chi connectivity index (χ1v) is 4.97. The van der Waals surface area contributed by atoms with Crippen molar-refractivity contribution < 1.29 is 9.84 Å². The van der Waals surface area contributed by atoms with E-state index in [0.29, 0.717) is 24.8 Å². The SMILES string of the molecule is CCOc1cncc(N(C)CC(C)O)n1. The van der Waals surface area contributed by atoms with E-state index in [1.807, 2.05) is 18.9 Å². The van der Waals surface area contributed by atoms with Crippen LogP contribution in [0.4, 0.5) is 5.82 Å². The molecular weight excluding hydrogens is 194 g/mol. The van der Waals surface area contributed by atoms with Crippen molar-refractivity contribution in [2.45, 2.75) is 20.0 Å². The first-order chi connectivity index (χ1) is 7.13. The summed E-state index contributed by atoms with van der Waals surface area (Å²) < 4.78 is 5.24. The number of rotatable bonds is 5. The molecule has 5 nitrogen and oxygen atoms in total. The standard InChI is InChI=1S/C10H17N3O2/c1-4-15-10-6-11-5-9(12-10)13(3)7-8(2)14/h5-6,8,14H,4,7H2,1-3H3. The van der Waals surface area contributed by atoms with Gasteiger partial charge in [-0.2, -0.15) is 4.98 Å². The minimum absolute atomic E-state index is 0.396. The average molecular weight is 211 g/mol. The minimum Gasteiger partial charge on any atom is -0.477 e. The van der Waals surface area contributed by atoms with Crippen molar-refractivity contribution in [1.82, 2.24) is 9.97 Å². The average Bonchev–Trinajstić information content (AvgIpc) is 2.17. The van der Waals surface area contributed by atoms with Gasteiger partial charge in [0.15, 0.2) is 5.82 Å². The predicted molar refractivity (Wildman–Crippen MR) is 58.2 cm³/mol. The highest BCUT2D eigenvalue weighted by molar-refractivity contribution is 5.36. The van der Waals surface area contributed by atoms with Crippen molar-refractivity contribution in [3.63, 3.8) is 0 Å². The van der Waals surface area contributed by atoms with Gasteiger partial charge >= 0.3 is 0 Å². The molecule has 0 bridgehead atoms. The van der Waals surface area contributed by atoms with Gasteiger partial charge in [0.25, 0.3) is 0 Å². The molecule has 1 aromatic rings. The van der Waals surface area contributed by atoms with Gasteiger partial charge in [-0.25, -0.2) is 0 Å². The zero-order valence-corrected chi connectivity index (χ0v) is 9.34. The van der Waals surface area contributed by atoms with Gasteiger partial charge in [-0.05, 0) is 13.8 Å². The van der Waals surface area contributed by atoms with Crippen LogP contribution in [0.3, 0.4) is 0 Å². The van der Waals surface area contributed by atoms with E-state index < -0.39 is 6.10 Å². The van der Waals surface area contributed by atoms with Crippen LogP contribution in [0.5, 0.6) is 5.88 Å². The second-order valence-corrected chi connectivity index (χ2v) is 3.38. The largest absolute Gasteiger partial charge is 0.477 e. The van der Waals surface area contributed by atoms with Gasteiger partial charge in [-0.1, -0.05) is 0 Å². The van der Waals surface area contributed by atoms with Crippen LogP contribution in [0, 0.1) is 0 Å². The van der Waals surface area contributed by atoms with Crippen LogP contribution in [0.1, 0.15) is 13.8 Å². The molecule has 1 N–H and O–H groups in total. The molecular formula is C10H17N3O2. The van der Waals surface area contributed by atoms with Crippen molar-refractivity contribution in [3.05, 3.63) is 12.4 Å². The molecule has 0 radical (unpaired) electrons. The number of likely N-dealkylation sites (N-methyl/N-ethyl adjacent to an activating group) is 1. The molecule has 84 valence electrons. The van der Waals surface area contributed by atoms with Crippen molar-refractivity contribution in [2.24, 2.45) is 0 Å². The summed E-state index contributed by atoms with van der Waals surface area (Å²) in [6.07, 6.45) is 2.82. The lowest BCUT2D eigenvalue weighted by Crippen LogP contribution is -2.27. The minimum atomic E-state index is -0.396. The molecule has 0 aliphatic rings. The van der Waals surface area contributed by atoms with E-state index in [2.05, 4.69) is 9.97 Å². The first kappa shape index (κ1) is 11.7. The first-order valence-electron chi connectivity index (χ1n) is 4.97. The number of aromatic nitrogens is 2. The van der Waals surface area contributed by atoms with Crippen LogP contribution in [-0.4, -0.2) is 41.4 Å². The molecule has 0 saturated heterocycles. The van der Waals surface area contributed by atoms with Crippen LogP contribution in [0.25, 0.3) is 0 Å². The van der Waals surface area contributed by atoms with E-state index in [0.717, 1.165) is 0 Å². The Morgan fingerprint density at radius 2 is 2.27 bits per heavy atom. The molecule has 1 aromatic heterocycles. The van der Waals surface area contributed by atoms with Gasteiger partial charge in [-0.15, -0.1) is 0 Å². The van der Waals surface area contributed by atoms with Crippen LogP contribution in [0.2, 0.25) is 0 Å². The molecule has 1 atom stereocenters. The van der Waals surface area contributed by atoms with Crippen LogP contribution in [0.15, 0.2) is 12.4 Å². The molecule has 0 saturated carbocycles. The van der Waals surface area contributed by atoms with Gasteiger partial charge in [-0.3, -0.25) is 4.98 Å². The second-order valence-electron chi connectivity index (χ2n) is 3.38. The van der Waals surface area contributed by atoms with E-state index in [-0.39, 0.29) is 0 Å². The van der Waals surface area contributed by atoms with E-state index in [9.17, 15) is 5.11 Å². The zero-order chi connectivity index (χ0) is 11.3. The van der Waals surface area contributed by atoms with E-state index >= 15 is 0 Å². The number of nitrogens with zero attached hydrogens (tertiary/aromatic N) is 3. The summed E-state index contributed by atoms with van der Waals surface area (Å²) in [4.78, 5) is 10.1. The Balaban J connectivity index is 2.71. The maximum absolute atomic E-state index is 9.24. The Hall–Kier alpha value is -1.36. The van der Waals surface area contributed by atoms with Crippen molar-refractivity contribution >= 4 is 5.82 Å². The monoisotopic (exact) mass is 211 g/mol. The highest BCUT2D eigenvalue weighted by atomic mass is 16.5. The van der Waals surface area contributed by atoms with E-state index in [1.165, 1.54) is 0 Å². The Kier molecular flexibility index (Phi) is 4.30. The summed E-state index contributed by atoms with van der Waals surface area (Å²) >= 11 is 0. The normalized spacial score (nSPS) is 12.3. The third-order valence-corrected chi connectivity index (χ3v) is 1.82. The quantitative estimate of drug-likeness (QED) is 0.776. The summed E-state index contributed by atoms with van der Waals surface area (Å²) in [5.74, 6) is 1.20. The molecule has 5 heteroatoms. The number of ether oxygens (including phenoxy) is 1. The van der Waals surface area contributed by atoms with E-state index in [1.54, 1.807) is 19.3 Å². The lowest BCUT2D eigenvalue weighted by atomic mass is 10.4. The Bertz CT molecular complexity index is 304. The molecule has 1 unspecified atom stereocenters. The number of anilines is 1. The van der Waals surface area contributed by atoms with Gasteiger partial charge in [0.1, 0.15) is 0 Å². The molecule has 0 spiro atoms. The lowest BCUT2D eigenvalue weighted by Gasteiger charge is -2.19. The molecule has 0 aliphatic carbocycles. The van der Waals surface area contributed by atoms with Gasteiger partial charge < -0.3 is 14.7 Å². The summed E-state index contributed by atoms with van der Waals surface area (Å²) in [6, 6.07) is 0. The Morgan fingerprint density at radius 1 is 1.53 bits per heavy atom. The molecule has 0 aromatic carbocycles. The lowest BCUT2D eigenvalue weighted by molar-refractivity contribution is 0.201. The van der Waals surface area contributed by atoms with Crippen molar-refractivity contribution in [2.75, 3.05) is 25.1 Å². The molecule has 0 fully saturated rings. The number of aliphatic hydroxyl groups excluding tert-OH is 1. The topological polar surface area (TPSA) is 58.5 Å². The second kappa shape index (κ2) is 5.50. The number of hydrogen-bond donors (Lipinski definition) is 1. The van der Waals surface area contributed by atoms with Crippen LogP contribution < -0.4 is 9.64 Å². The van der Waals surface area contributed by atoms with Crippen LogP contribution in [-0.2, 0) is 0 Å². The smallest absolute Gasteiger partial charge is 0.234 e. The third kappa shape index (κ3) is 3.71. The van der Waals surface area contributed by atoms with Crippen molar-refractivity contribution in [3.8, 4) is 5.88 Å². The summed E-state index contributed by atoms with van der Waals surface area (Å²) in [6.45, 7) is 4.71. The Labute approximate surface area is 89.7 Å². The fourth-order valence-electron chi connectivity index (χ4n) is 1.23. The predicted octanol–water partition coefficient (Wildman–Crippen LogP) is 0.692. The van der Waals surface area contributed by atoms with Gasteiger partial charge in [0.2, 0.25) is 5.88 Å². The molecule has 1 heterocycles. The third-order valence-electron chi connectivity index (χ3n) is 1.82. The zero-order valence-electron chi connectivity index (χ0n) is 9.34. The molecule has 1 rings (SSSR count). The summed E-state index contributed by atoms with van der Waals surface area (Å²) in [5.41, 5.74) is 0. The fraction of sp³-hybridized carbons (Fsp3) is 0.600. The molecule has 0 amide bonds. The summed E-state index contributed by atoms with van der Waals surface area (Å²) in [7, 11) is 1.85. The fourth-order valence-corrected chi connectivity index (χ4v) is 1.23. The Morgan fingerprint density at radius 3 is 2.87 bits per heavy atom. The highest BCUT2D eigenvalue weighted by Gasteiger charge is 2.07.